The smallest absolute Gasteiger partial charge is 0.248 e. The number of morpholine rings is 1. The molecule has 0 bridgehead atoms. The minimum absolute atomic E-state index is 0.0471. The second kappa shape index (κ2) is 7.64. The molecule has 0 saturated carbocycles. The monoisotopic (exact) mass is 353 g/mol. The highest BCUT2D eigenvalue weighted by Gasteiger charge is 2.28. The van der Waals surface area contributed by atoms with Crippen molar-refractivity contribution in [3.63, 3.8) is 0 Å². The predicted octanol–water partition coefficient (Wildman–Crippen LogP) is 2.52. The quantitative estimate of drug-likeness (QED) is 0.918. The lowest BCUT2D eigenvalue weighted by Crippen LogP contribution is -2.44. The summed E-state index contributed by atoms with van der Waals surface area (Å²) in [5.41, 5.74) is 4.41. The average Bonchev–Trinajstić information content (AvgIpc) is 3.19. The minimum Gasteiger partial charge on any atom is -0.379 e. The van der Waals surface area contributed by atoms with E-state index in [-0.39, 0.29) is 5.56 Å². The van der Waals surface area contributed by atoms with Gasteiger partial charge in [0, 0.05) is 44.0 Å². The zero-order chi connectivity index (χ0) is 17.9. The van der Waals surface area contributed by atoms with Gasteiger partial charge in [-0.3, -0.25) is 9.69 Å². The first kappa shape index (κ1) is 17.3. The molecule has 0 aliphatic carbocycles. The Balaban J connectivity index is 1.48. The normalized spacial score (nSPS) is 21.3. The molecule has 1 aromatic carbocycles. The summed E-state index contributed by atoms with van der Waals surface area (Å²) in [4.78, 5) is 19.8. The summed E-state index contributed by atoms with van der Waals surface area (Å²) in [6.07, 6.45) is 2.12. The Labute approximate surface area is 154 Å². The van der Waals surface area contributed by atoms with Crippen molar-refractivity contribution >= 4 is 5.69 Å². The zero-order valence-electron chi connectivity index (χ0n) is 15.4. The van der Waals surface area contributed by atoms with E-state index in [2.05, 4.69) is 46.0 Å². The molecule has 2 aliphatic rings. The van der Waals surface area contributed by atoms with Crippen LogP contribution in [0, 0.1) is 0 Å². The maximum atomic E-state index is 11.7. The maximum Gasteiger partial charge on any atom is 0.248 e. The van der Waals surface area contributed by atoms with Gasteiger partial charge in [-0.25, -0.2) is 0 Å². The van der Waals surface area contributed by atoms with Crippen LogP contribution in [0.5, 0.6) is 0 Å². The van der Waals surface area contributed by atoms with E-state index in [0.29, 0.717) is 6.04 Å². The summed E-state index contributed by atoms with van der Waals surface area (Å²) in [6.45, 7) is 8.13. The lowest BCUT2D eigenvalue weighted by molar-refractivity contribution is 0.0209. The van der Waals surface area contributed by atoms with Crippen LogP contribution in [-0.2, 0) is 11.2 Å². The van der Waals surface area contributed by atoms with E-state index in [1.807, 2.05) is 6.07 Å². The zero-order valence-corrected chi connectivity index (χ0v) is 15.4. The molecule has 2 fully saturated rings. The van der Waals surface area contributed by atoms with Gasteiger partial charge in [0.15, 0.2) is 0 Å². The van der Waals surface area contributed by atoms with Crippen molar-refractivity contribution in [1.82, 2.24) is 9.88 Å². The highest BCUT2D eigenvalue weighted by atomic mass is 16.5. The number of pyridine rings is 1. The SMILES string of the molecule is CCc1ccc(=O)[nH]c1-c1ccc(N2CCC(N3CCOCC3)C2)cc1. The maximum absolute atomic E-state index is 11.7. The topological polar surface area (TPSA) is 48.6 Å². The first-order valence-electron chi connectivity index (χ1n) is 9.64. The summed E-state index contributed by atoms with van der Waals surface area (Å²) in [6, 6.07) is 12.8. The molecule has 1 unspecified atom stereocenters. The average molecular weight is 353 g/mol. The molecule has 26 heavy (non-hydrogen) atoms. The van der Waals surface area contributed by atoms with Crippen LogP contribution in [0.15, 0.2) is 41.2 Å². The Hall–Kier alpha value is -2.11. The third-order valence-corrected chi connectivity index (χ3v) is 5.63. The highest BCUT2D eigenvalue weighted by molar-refractivity contribution is 5.66. The Kier molecular flexibility index (Phi) is 5.09. The van der Waals surface area contributed by atoms with Gasteiger partial charge in [-0.1, -0.05) is 25.1 Å². The van der Waals surface area contributed by atoms with Crippen LogP contribution in [0.25, 0.3) is 11.3 Å². The number of ether oxygens (including phenoxy) is 1. The van der Waals surface area contributed by atoms with Gasteiger partial charge in [0.25, 0.3) is 0 Å². The molecular weight excluding hydrogens is 326 g/mol. The van der Waals surface area contributed by atoms with Crippen LogP contribution in [0.3, 0.4) is 0 Å². The van der Waals surface area contributed by atoms with Crippen LogP contribution in [0.1, 0.15) is 18.9 Å². The third-order valence-electron chi connectivity index (χ3n) is 5.63. The van der Waals surface area contributed by atoms with Crippen molar-refractivity contribution in [2.75, 3.05) is 44.3 Å². The van der Waals surface area contributed by atoms with Crippen LogP contribution in [0.2, 0.25) is 0 Å². The predicted molar refractivity (Wildman–Crippen MR) is 105 cm³/mol. The lowest BCUT2D eigenvalue weighted by Gasteiger charge is -2.32. The number of nitrogens with zero attached hydrogens (tertiary/aromatic N) is 2. The number of aromatic nitrogens is 1. The molecule has 0 spiro atoms. The molecule has 2 saturated heterocycles. The summed E-state index contributed by atoms with van der Waals surface area (Å²) >= 11 is 0. The fourth-order valence-corrected chi connectivity index (χ4v) is 4.11. The first-order chi connectivity index (χ1) is 12.7. The number of anilines is 1. The summed E-state index contributed by atoms with van der Waals surface area (Å²) in [7, 11) is 0. The standard InChI is InChI=1S/C21H27N3O2/c1-2-16-5-8-20(25)22-21(16)17-3-6-18(7-4-17)24-10-9-19(15-24)23-11-13-26-14-12-23/h3-8,19H,2,9-15H2,1H3,(H,22,25). The van der Waals surface area contributed by atoms with E-state index < -0.39 is 0 Å². The van der Waals surface area contributed by atoms with Crippen molar-refractivity contribution in [1.29, 1.82) is 0 Å². The molecule has 0 amide bonds. The molecule has 5 heteroatoms. The van der Waals surface area contributed by atoms with Crippen LogP contribution >= 0.6 is 0 Å². The van der Waals surface area contributed by atoms with Crippen molar-refractivity contribution in [2.45, 2.75) is 25.8 Å². The fraction of sp³-hybridized carbons (Fsp3) is 0.476. The van der Waals surface area contributed by atoms with Crippen molar-refractivity contribution < 1.29 is 4.74 Å². The van der Waals surface area contributed by atoms with Crippen LogP contribution in [0.4, 0.5) is 5.69 Å². The molecule has 1 atom stereocenters. The van der Waals surface area contributed by atoms with E-state index in [1.54, 1.807) is 6.07 Å². The first-order valence-corrected chi connectivity index (χ1v) is 9.64. The lowest BCUT2D eigenvalue weighted by atomic mass is 10.0. The molecule has 4 rings (SSSR count). The Morgan fingerprint density at radius 3 is 2.58 bits per heavy atom. The van der Waals surface area contributed by atoms with Gasteiger partial charge in [-0.05, 0) is 36.1 Å². The largest absolute Gasteiger partial charge is 0.379 e. The number of nitrogens with one attached hydrogen (secondary N) is 1. The summed E-state index contributed by atoms with van der Waals surface area (Å²) < 4.78 is 5.47. The van der Waals surface area contributed by atoms with E-state index in [9.17, 15) is 4.79 Å². The molecule has 138 valence electrons. The molecule has 1 aromatic heterocycles. The second-order valence-corrected chi connectivity index (χ2v) is 7.16. The minimum atomic E-state index is -0.0471. The summed E-state index contributed by atoms with van der Waals surface area (Å²) in [5.74, 6) is 0. The van der Waals surface area contributed by atoms with Crippen molar-refractivity contribution in [2.24, 2.45) is 0 Å². The molecule has 1 N–H and O–H groups in total. The van der Waals surface area contributed by atoms with E-state index >= 15 is 0 Å². The number of hydrogen-bond acceptors (Lipinski definition) is 4. The van der Waals surface area contributed by atoms with Crippen LogP contribution in [-0.4, -0.2) is 55.3 Å². The molecule has 0 radical (unpaired) electrons. The van der Waals surface area contributed by atoms with Gasteiger partial charge in [0.05, 0.1) is 18.9 Å². The highest BCUT2D eigenvalue weighted by Crippen LogP contribution is 2.27. The van der Waals surface area contributed by atoms with Crippen molar-refractivity contribution in [3.05, 3.63) is 52.3 Å². The Bertz CT molecular complexity index is 794. The van der Waals surface area contributed by atoms with Crippen molar-refractivity contribution in [3.8, 4) is 11.3 Å². The van der Waals surface area contributed by atoms with Gasteiger partial charge >= 0.3 is 0 Å². The van der Waals surface area contributed by atoms with Gasteiger partial charge in [0.1, 0.15) is 0 Å². The molecular formula is C21H27N3O2. The number of H-pyrrole nitrogens is 1. The van der Waals surface area contributed by atoms with E-state index in [4.69, 9.17) is 4.74 Å². The number of rotatable bonds is 4. The second-order valence-electron chi connectivity index (χ2n) is 7.16. The summed E-state index contributed by atoms with van der Waals surface area (Å²) in [5, 5.41) is 0. The Morgan fingerprint density at radius 1 is 1.08 bits per heavy atom. The fourth-order valence-electron chi connectivity index (χ4n) is 4.11. The molecule has 2 aliphatic heterocycles. The molecule has 2 aromatic rings. The van der Waals surface area contributed by atoms with Crippen LogP contribution < -0.4 is 10.5 Å². The van der Waals surface area contributed by atoms with Gasteiger partial charge in [0.2, 0.25) is 5.56 Å². The number of benzene rings is 1. The molecule has 5 nitrogen and oxygen atoms in total. The van der Waals surface area contributed by atoms with Gasteiger partial charge in [-0.2, -0.15) is 0 Å². The third kappa shape index (κ3) is 3.55. The van der Waals surface area contributed by atoms with Gasteiger partial charge in [-0.15, -0.1) is 0 Å². The van der Waals surface area contributed by atoms with E-state index in [1.165, 1.54) is 17.7 Å². The number of aryl methyl sites for hydroxylation is 1. The van der Waals surface area contributed by atoms with E-state index in [0.717, 1.165) is 57.1 Å². The Morgan fingerprint density at radius 2 is 1.85 bits per heavy atom. The molecule has 3 heterocycles. The number of hydrogen-bond donors (Lipinski definition) is 1. The number of aromatic amines is 1. The van der Waals surface area contributed by atoms with Gasteiger partial charge < -0.3 is 14.6 Å².